The molecule has 0 fully saturated rings. The van der Waals surface area contributed by atoms with Crippen molar-refractivity contribution in [2.24, 2.45) is 5.92 Å². The van der Waals surface area contributed by atoms with E-state index in [1.54, 1.807) is 75.9 Å². The molecule has 9 heterocycles. The number of nitrogens with one attached hydrogen (secondary N) is 9. The number of H-pyrrole nitrogens is 3. The maximum Gasteiger partial charge on any atom is 0.321 e. The van der Waals surface area contributed by atoms with E-state index >= 15 is 0 Å². The first-order valence-electron chi connectivity index (χ1n) is 30.0. The number of nitrogens with zero attached hydrogens (tertiary/aromatic N) is 10. The van der Waals surface area contributed by atoms with Crippen LogP contribution in [0, 0.1) is 23.4 Å². The number of carbonyl (C=O) groups excluding carboxylic acids is 3. The van der Waals surface area contributed by atoms with Gasteiger partial charge in [0.25, 0.3) is 0 Å². The third-order valence-electron chi connectivity index (χ3n) is 14.2. The van der Waals surface area contributed by atoms with Crippen LogP contribution in [0.5, 0.6) is 0 Å². The van der Waals surface area contributed by atoms with Crippen LogP contribution in [0.15, 0.2) is 140 Å². The number of hydrogen-bond acceptors (Lipinski definition) is 15. The van der Waals surface area contributed by atoms with Gasteiger partial charge >= 0.3 is 18.1 Å². The van der Waals surface area contributed by atoms with Crippen molar-refractivity contribution in [2.75, 3.05) is 35.6 Å². The molecule has 0 aliphatic carbocycles. The number of halogens is 3. The van der Waals surface area contributed by atoms with Gasteiger partial charge in [-0.25, -0.2) is 52.5 Å². The van der Waals surface area contributed by atoms with E-state index in [9.17, 15) is 37.8 Å². The summed E-state index contributed by atoms with van der Waals surface area (Å²) < 4.78 is 43.8. The third kappa shape index (κ3) is 15.6. The van der Waals surface area contributed by atoms with Crippen molar-refractivity contribution in [3.05, 3.63) is 175 Å². The molecule has 9 aromatic heterocycles. The predicted molar refractivity (Wildman–Crippen MR) is 353 cm³/mol. The number of urea groups is 3. The first-order chi connectivity index (χ1) is 45.4. The SMILES string of the molecule is CCNC(=O)Nc1nc2c(-c3ncccc3F)cc(-c3ccc(CC(C)C)nc3)cc2[nH]1.CCNC(=O)Nc1nc2c(-c3ncccc3F)cc(-c3ccc([C@@H](C)O)nc3)cc2[nH]1.CCNC(=O)Nc1nc2c(-c3ncccc3F)cc(-c3cnc(C(C)O)nc3)cc2[nH]1. The lowest BCUT2D eigenvalue weighted by molar-refractivity contribution is 0.189. The Kier molecular flexibility index (Phi) is 20.6. The summed E-state index contributed by atoms with van der Waals surface area (Å²) in [7, 11) is 0. The molecule has 0 aliphatic heterocycles. The number of benzene rings is 3. The number of anilines is 3. The van der Waals surface area contributed by atoms with Crippen molar-refractivity contribution in [3.8, 4) is 67.2 Å². The molecule has 2 atom stereocenters. The standard InChI is InChI=1S/C24H25FN6O.C22H21FN6O2.C21H20FN7O2/c1-4-26-24(32)31-23-29-20-12-16(15-7-8-17(28-13-15)10-14(2)3)11-18(22(20)30-23)21-19(25)6-5-9-27-21;1-3-24-22(31)29-21-27-18-10-14(13-6-7-17(12(2)30)26-11-13)9-15(20(18)28-21)19-16(23)5-4-8-25-19;1-3-23-21(31)29-20-27-16-8-12(13-9-25-19(11(2)30)26-10-13)7-14(18(16)28-20)17-15(22)5-4-6-24-17/h5-9,11-14H,4,10H2,1-3H3,(H3,26,29,30,31,32);4-12,30H,3H2,1-2H3,(H3,24,27,28,29,31);4-11,30H,3H2,1-2H3,(H3,23,27,28,29,31)/t;12-;/m.1./s1. The average molecular weight is 1270 g/mol. The Morgan fingerprint density at radius 3 is 1.14 bits per heavy atom. The van der Waals surface area contributed by atoms with Gasteiger partial charge in [-0.15, -0.1) is 0 Å². The lowest BCUT2D eigenvalue weighted by atomic mass is 10.00. The van der Waals surface area contributed by atoms with E-state index in [1.807, 2.05) is 56.4 Å². The molecule has 0 aliphatic rings. The Hall–Kier alpha value is -11.6. The third-order valence-corrected chi connectivity index (χ3v) is 14.2. The maximum atomic E-state index is 14.6. The number of hydrogen-bond donors (Lipinski definition) is 11. The van der Waals surface area contributed by atoms with Crippen LogP contribution in [0.25, 0.3) is 100 Å². The van der Waals surface area contributed by atoms with E-state index in [-0.39, 0.29) is 41.0 Å². The molecule has 480 valence electrons. The van der Waals surface area contributed by atoms with Crippen molar-refractivity contribution < 1.29 is 37.8 Å². The molecule has 12 aromatic rings. The molecule has 0 spiro atoms. The van der Waals surface area contributed by atoms with Gasteiger partial charge < -0.3 is 41.1 Å². The van der Waals surface area contributed by atoms with Crippen molar-refractivity contribution in [1.29, 1.82) is 0 Å². The van der Waals surface area contributed by atoms with Crippen LogP contribution < -0.4 is 31.9 Å². The monoisotopic (exact) mass is 1270 g/mol. The van der Waals surface area contributed by atoms with Crippen LogP contribution in [0.1, 0.15) is 77.9 Å². The highest BCUT2D eigenvalue weighted by Gasteiger charge is 2.22. The first-order valence-corrected chi connectivity index (χ1v) is 30.0. The minimum absolute atomic E-state index is 0.131. The van der Waals surface area contributed by atoms with E-state index in [0.29, 0.717) is 98.0 Å². The van der Waals surface area contributed by atoms with Crippen molar-refractivity contribution in [2.45, 2.75) is 67.1 Å². The van der Waals surface area contributed by atoms with Gasteiger partial charge in [-0.2, -0.15) is 0 Å². The highest BCUT2D eigenvalue weighted by molar-refractivity contribution is 6.01. The smallest absolute Gasteiger partial charge is 0.321 e. The van der Waals surface area contributed by atoms with Gasteiger partial charge in [-0.1, -0.05) is 26.0 Å². The number of aromatic nitrogens is 13. The summed E-state index contributed by atoms with van der Waals surface area (Å²) >= 11 is 0. The number of aromatic amines is 3. The highest BCUT2D eigenvalue weighted by Crippen LogP contribution is 2.38. The normalized spacial score (nSPS) is 11.7. The quantitative estimate of drug-likeness (QED) is 0.0428. The predicted octanol–water partition coefficient (Wildman–Crippen LogP) is 12.6. The van der Waals surface area contributed by atoms with E-state index in [4.69, 9.17) is 0 Å². The van der Waals surface area contributed by atoms with Crippen LogP contribution >= 0.6 is 0 Å². The summed E-state index contributed by atoms with van der Waals surface area (Å²) in [5.74, 6) is 0.117. The minimum atomic E-state index is -0.787. The minimum Gasteiger partial charge on any atom is -0.387 e. The number of imidazole rings is 3. The summed E-state index contributed by atoms with van der Waals surface area (Å²) in [4.78, 5) is 88.1. The van der Waals surface area contributed by atoms with Crippen molar-refractivity contribution in [1.82, 2.24) is 80.7 Å². The molecule has 11 N–H and O–H groups in total. The number of pyridine rings is 5. The number of aliphatic hydroxyl groups excluding tert-OH is 2. The molecule has 0 bridgehead atoms. The van der Waals surface area contributed by atoms with E-state index in [0.717, 1.165) is 34.4 Å². The molecule has 0 saturated heterocycles. The zero-order chi connectivity index (χ0) is 66.6. The average Bonchev–Trinajstić information content (AvgIpc) is 1.55. The first kappa shape index (κ1) is 65.4. The van der Waals surface area contributed by atoms with Crippen LogP contribution in [-0.4, -0.2) is 113 Å². The van der Waals surface area contributed by atoms with Gasteiger partial charge in [0.05, 0.1) is 28.3 Å². The highest BCUT2D eigenvalue weighted by atomic mass is 19.1. The Balaban J connectivity index is 0.000000154. The van der Waals surface area contributed by atoms with Crippen LogP contribution in [0.2, 0.25) is 0 Å². The lowest BCUT2D eigenvalue weighted by Crippen LogP contribution is -2.28. The number of carbonyl (C=O) groups is 3. The molecule has 24 nitrogen and oxygen atoms in total. The van der Waals surface area contributed by atoms with Gasteiger partial charge in [0.1, 0.15) is 57.2 Å². The summed E-state index contributed by atoms with van der Waals surface area (Å²) in [5.41, 5.74) is 11.4. The van der Waals surface area contributed by atoms with E-state index < -0.39 is 41.7 Å². The topological polar surface area (TPSA) is 340 Å². The van der Waals surface area contributed by atoms with Gasteiger partial charge in [-0.05, 0) is 149 Å². The second kappa shape index (κ2) is 29.6. The Bertz CT molecular complexity index is 4460. The summed E-state index contributed by atoms with van der Waals surface area (Å²) in [6.45, 7) is 14.4. The Morgan fingerprint density at radius 1 is 0.447 bits per heavy atom. The van der Waals surface area contributed by atoms with Gasteiger partial charge in [0.15, 0.2) is 5.82 Å². The fourth-order valence-corrected chi connectivity index (χ4v) is 9.92. The molecule has 6 amide bonds. The van der Waals surface area contributed by atoms with Crippen LogP contribution in [-0.2, 0) is 6.42 Å². The van der Waals surface area contributed by atoms with Crippen molar-refractivity contribution in [3.63, 3.8) is 0 Å². The molecule has 27 heteroatoms. The number of aliphatic hydroxyl groups is 2. The maximum absolute atomic E-state index is 14.6. The van der Waals surface area contributed by atoms with E-state index in [2.05, 4.69) is 111 Å². The van der Waals surface area contributed by atoms with E-state index in [1.165, 1.54) is 42.7 Å². The van der Waals surface area contributed by atoms with Gasteiger partial charge in [0.2, 0.25) is 17.8 Å². The molecule has 12 rings (SSSR count). The largest absolute Gasteiger partial charge is 0.387 e. The van der Waals surface area contributed by atoms with Crippen LogP contribution in [0.4, 0.5) is 45.4 Å². The second-order valence-corrected chi connectivity index (χ2v) is 21.8. The van der Waals surface area contributed by atoms with Gasteiger partial charge in [0, 0.05) is 102 Å². The molecule has 0 radical (unpaired) electrons. The summed E-state index contributed by atoms with van der Waals surface area (Å²) in [5, 5.41) is 35.2. The van der Waals surface area contributed by atoms with Gasteiger partial charge in [-0.3, -0.25) is 40.9 Å². The number of amides is 6. The molecule has 3 aromatic carbocycles. The molecular weight excluding hydrogens is 1210 g/mol. The number of fused-ring (bicyclic) bond motifs is 3. The fraction of sp³-hybridized carbons (Fsp3) is 0.209. The summed E-state index contributed by atoms with van der Waals surface area (Å²) in [6, 6.07) is 25.9. The van der Waals surface area contributed by atoms with Crippen molar-refractivity contribution >= 4 is 69.0 Å². The number of rotatable bonds is 16. The molecule has 1 unspecified atom stereocenters. The Labute approximate surface area is 536 Å². The second-order valence-electron chi connectivity index (χ2n) is 21.8. The lowest BCUT2D eigenvalue weighted by Gasteiger charge is -2.09. The molecule has 0 saturated carbocycles. The fourth-order valence-electron chi connectivity index (χ4n) is 9.92. The molecular formula is C67H66F3N19O5. The van der Waals surface area contributed by atoms with Crippen LogP contribution in [0.3, 0.4) is 0 Å². The molecule has 94 heavy (non-hydrogen) atoms. The zero-order valence-corrected chi connectivity index (χ0v) is 52.1. The zero-order valence-electron chi connectivity index (χ0n) is 52.1. The Morgan fingerprint density at radius 2 is 0.819 bits per heavy atom. The summed E-state index contributed by atoms with van der Waals surface area (Å²) in [6.07, 6.45) is 10.6.